The van der Waals surface area contributed by atoms with E-state index in [2.05, 4.69) is 35.9 Å². The molecule has 1 atom stereocenters. The highest BCUT2D eigenvalue weighted by atomic mass is 16.5. The molecule has 1 unspecified atom stereocenters. The van der Waals surface area contributed by atoms with Gasteiger partial charge in [-0.3, -0.25) is 14.7 Å². The van der Waals surface area contributed by atoms with E-state index in [0.29, 0.717) is 19.1 Å². The molecule has 1 aromatic heterocycles. The summed E-state index contributed by atoms with van der Waals surface area (Å²) in [7, 11) is 0. The van der Waals surface area contributed by atoms with Crippen LogP contribution in [0.15, 0.2) is 48.8 Å². The number of amides is 1. The maximum absolute atomic E-state index is 13.1. The fraction of sp³-hybridized carbons (Fsp3) is 0.478. The fourth-order valence-corrected chi connectivity index (χ4v) is 3.59. The van der Waals surface area contributed by atoms with Crippen LogP contribution in [-0.4, -0.2) is 59.6 Å². The van der Waals surface area contributed by atoms with Crippen molar-refractivity contribution in [2.24, 2.45) is 5.92 Å². The predicted octanol–water partition coefficient (Wildman–Crippen LogP) is 3.39. The number of pyridine rings is 1. The van der Waals surface area contributed by atoms with Gasteiger partial charge in [0, 0.05) is 50.7 Å². The average molecular weight is 382 g/mol. The van der Waals surface area contributed by atoms with Gasteiger partial charge in [-0.05, 0) is 42.7 Å². The molecule has 3 rings (SSSR count). The smallest absolute Gasteiger partial charge is 0.253 e. The van der Waals surface area contributed by atoms with Gasteiger partial charge in [0.05, 0.1) is 12.7 Å². The molecule has 0 N–H and O–H groups in total. The Labute approximate surface area is 168 Å². The van der Waals surface area contributed by atoms with Crippen LogP contribution in [0.4, 0.5) is 0 Å². The highest BCUT2D eigenvalue weighted by Crippen LogP contribution is 2.15. The van der Waals surface area contributed by atoms with Crippen molar-refractivity contribution in [1.82, 2.24) is 14.8 Å². The van der Waals surface area contributed by atoms with E-state index < -0.39 is 0 Å². The van der Waals surface area contributed by atoms with E-state index in [1.807, 2.05) is 48.5 Å². The number of ether oxygens (including phenoxy) is 1. The van der Waals surface area contributed by atoms with Crippen molar-refractivity contribution in [1.29, 1.82) is 0 Å². The molecule has 2 heterocycles. The SMILES string of the molecule is Cc1ccc(C(=O)N(CC(C)C)CC2CN(Cc3ccncc3)CCO2)cc1. The first-order chi connectivity index (χ1) is 13.5. The zero-order valence-electron chi connectivity index (χ0n) is 17.2. The van der Waals surface area contributed by atoms with Gasteiger partial charge in [-0.1, -0.05) is 31.5 Å². The molecule has 0 bridgehead atoms. The molecule has 1 amide bonds. The number of carbonyl (C=O) groups is 1. The van der Waals surface area contributed by atoms with Crippen LogP contribution in [0, 0.1) is 12.8 Å². The van der Waals surface area contributed by atoms with Crippen LogP contribution in [0.3, 0.4) is 0 Å². The molecule has 0 saturated carbocycles. The molecular weight excluding hydrogens is 350 g/mol. The Morgan fingerprint density at radius 1 is 1.21 bits per heavy atom. The standard InChI is InChI=1S/C23H31N3O2/c1-18(2)14-26(23(27)21-6-4-19(3)5-7-21)17-22-16-25(12-13-28-22)15-20-8-10-24-11-9-20/h4-11,18,22H,12-17H2,1-3H3. The molecule has 5 heteroatoms. The van der Waals surface area contributed by atoms with Crippen molar-refractivity contribution in [3.05, 3.63) is 65.5 Å². The minimum absolute atomic E-state index is 0.0312. The highest BCUT2D eigenvalue weighted by molar-refractivity contribution is 5.94. The second-order valence-corrected chi connectivity index (χ2v) is 8.05. The van der Waals surface area contributed by atoms with Crippen LogP contribution < -0.4 is 0 Å². The molecule has 1 fully saturated rings. The lowest BCUT2D eigenvalue weighted by Crippen LogP contribution is -2.49. The maximum atomic E-state index is 13.1. The van der Waals surface area contributed by atoms with Crippen molar-refractivity contribution < 1.29 is 9.53 Å². The summed E-state index contributed by atoms with van der Waals surface area (Å²) in [4.78, 5) is 21.5. The van der Waals surface area contributed by atoms with Gasteiger partial charge in [-0.25, -0.2) is 0 Å². The third-order valence-electron chi connectivity index (χ3n) is 4.97. The summed E-state index contributed by atoms with van der Waals surface area (Å²) in [5.74, 6) is 0.495. The number of hydrogen-bond donors (Lipinski definition) is 0. The Balaban J connectivity index is 1.64. The first-order valence-electron chi connectivity index (χ1n) is 10.1. The largest absolute Gasteiger partial charge is 0.374 e. The number of carbonyl (C=O) groups excluding carboxylic acids is 1. The molecule has 1 saturated heterocycles. The minimum Gasteiger partial charge on any atom is -0.374 e. The highest BCUT2D eigenvalue weighted by Gasteiger charge is 2.26. The molecule has 0 aliphatic carbocycles. The summed E-state index contributed by atoms with van der Waals surface area (Å²) in [6, 6.07) is 11.9. The lowest BCUT2D eigenvalue weighted by molar-refractivity contribution is -0.0438. The summed E-state index contributed by atoms with van der Waals surface area (Å²) in [6.45, 7) is 11.0. The van der Waals surface area contributed by atoms with Gasteiger partial charge in [-0.2, -0.15) is 0 Å². The van der Waals surface area contributed by atoms with Crippen LogP contribution in [0.25, 0.3) is 0 Å². The summed E-state index contributed by atoms with van der Waals surface area (Å²) in [5, 5.41) is 0. The summed E-state index contributed by atoms with van der Waals surface area (Å²) in [5.41, 5.74) is 3.16. The molecule has 1 aromatic carbocycles. The summed E-state index contributed by atoms with van der Waals surface area (Å²) >= 11 is 0. The number of aromatic nitrogens is 1. The van der Waals surface area contributed by atoms with Gasteiger partial charge in [0.2, 0.25) is 0 Å². The molecule has 2 aromatic rings. The number of benzene rings is 1. The van der Waals surface area contributed by atoms with Gasteiger partial charge in [-0.15, -0.1) is 0 Å². The third-order valence-corrected chi connectivity index (χ3v) is 4.97. The van der Waals surface area contributed by atoms with E-state index in [0.717, 1.165) is 37.3 Å². The number of rotatable bonds is 7. The molecule has 150 valence electrons. The Hall–Kier alpha value is -2.24. The van der Waals surface area contributed by atoms with Gasteiger partial charge in [0.25, 0.3) is 5.91 Å². The number of hydrogen-bond acceptors (Lipinski definition) is 4. The molecular formula is C23H31N3O2. The first-order valence-corrected chi connectivity index (χ1v) is 10.1. The van der Waals surface area contributed by atoms with Crippen LogP contribution in [0.1, 0.15) is 35.3 Å². The maximum Gasteiger partial charge on any atom is 0.253 e. The zero-order valence-corrected chi connectivity index (χ0v) is 17.2. The zero-order chi connectivity index (χ0) is 19.9. The number of nitrogens with zero attached hydrogens (tertiary/aromatic N) is 3. The van der Waals surface area contributed by atoms with E-state index >= 15 is 0 Å². The van der Waals surface area contributed by atoms with E-state index in [1.165, 1.54) is 5.56 Å². The van der Waals surface area contributed by atoms with Gasteiger partial charge in [0.15, 0.2) is 0 Å². The van der Waals surface area contributed by atoms with Crippen LogP contribution in [-0.2, 0) is 11.3 Å². The van der Waals surface area contributed by atoms with Crippen LogP contribution >= 0.6 is 0 Å². The summed E-state index contributed by atoms with van der Waals surface area (Å²) < 4.78 is 6.02. The number of morpholine rings is 1. The first kappa shape index (κ1) is 20.5. The van der Waals surface area contributed by atoms with Gasteiger partial charge >= 0.3 is 0 Å². The van der Waals surface area contributed by atoms with E-state index in [9.17, 15) is 4.79 Å². The monoisotopic (exact) mass is 381 g/mol. The number of aryl methyl sites for hydroxylation is 1. The molecule has 0 spiro atoms. The predicted molar refractivity (Wildman–Crippen MR) is 111 cm³/mol. The Morgan fingerprint density at radius 3 is 2.61 bits per heavy atom. The molecule has 1 aliphatic heterocycles. The van der Waals surface area contributed by atoms with Crippen molar-refractivity contribution in [3.63, 3.8) is 0 Å². The molecule has 1 aliphatic rings. The fourth-order valence-electron chi connectivity index (χ4n) is 3.59. The van der Waals surface area contributed by atoms with E-state index in [4.69, 9.17) is 4.74 Å². The Morgan fingerprint density at radius 2 is 1.93 bits per heavy atom. The van der Waals surface area contributed by atoms with Crippen molar-refractivity contribution in [2.75, 3.05) is 32.8 Å². The molecule has 28 heavy (non-hydrogen) atoms. The second-order valence-electron chi connectivity index (χ2n) is 8.05. The lowest BCUT2D eigenvalue weighted by Gasteiger charge is -2.36. The average Bonchev–Trinajstić information content (AvgIpc) is 2.68. The third kappa shape index (κ3) is 5.88. The van der Waals surface area contributed by atoms with Crippen molar-refractivity contribution in [2.45, 2.75) is 33.4 Å². The van der Waals surface area contributed by atoms with Gasteiger partial charge in [0.1, 0.15) is 0 Å². The van der Waals surface area contributed by atoms with Crippen LogP contribution in [0.5, 0.6) is 0 Å². The molecule has 0 radical (unpaired) electrons. The lowest BCUT2D eigenvalue weighted by atomic mass is 10.1. The Bertz CT molecular complexity index is 746. The normalized spacial score (nSPS) is 17.6. The van der Waals surface area contributed by atoms with Crippen molar-refractivity contribution in [3.8, 4) is 0 Å². The quantitative estimate of drug-likeness (QED) is 0.738. The van der Waals surface area contributed by atoms with Crippen LogP contribution in [0.2, 0.25) is 0 Å². The Kier molecular flexibility index (Phi) is 7.18. The van der Waals surface area contributed by atoms with Gasteiger partial charge < -0.3 is 9.64 Å². The minimum atomic E-state index is 0.0312. The van der Waals surface area contributed by atoms with Crippen molar-refractivity contribution >= 4 is 5.91 Å². The second kappa shape index (κ2) is 9.80. The van der Waals surface area contributed by atoms with E-state index in [-0.39, 0.29) is 12.0 Å². The topological polar surface area (TPSA) is 45.7 Å². The van der Waals surface area contributed by atoms with E-state index in [1.54, 1.807) is 0 Å². The summed E-state index contributed by atoms with van der Waals surface area (Å²) in [6.07, 6.45) is 3.69. The molecule has 5 nitrogen and oxygen atoms in total.